The first kappa shape index (κ1) is 18.4. The molecule has 0 aliphatic heterocycles. The molecular formula is C21H22BrN3O. The zero-order valence-electron chi connectivity index (χ0n) is 15.2. The fourth-order valence-corrected chi connectivity index (χ4v) is 3.23. The highest BCUT2D eigenvalue weighted by atomic mass is 79.9. The first-order chi connectivity index (χ1) is 12.5. The minimum atomic E-state index is -0.123. The Hall–Kier alpha value is -2.40. The molecule has 5 heteroatoms. The van der Waals surface area contributed by atoms with Crippen LogP contribution in [0.25, 0.3) is 10.9 Å². The fourth-order valence-electron chi connectivity index (χ4n) is 2.97. The van der Waals surface area contributed by atoms with E-state index in [0.717, 1.165) is 45.5 Å². The van der Waals surface area contributed by atoms with E-state index in [-0.39, 0.29) is 5.91 Å². The van der Waals surface area contributed by atoms with Gasteiger partial charge in [-0.1, -0.05) is 15.9 Å². The van der Waals surface area contributed by atoms with Crippen molar-refractivity contribution in [2.45, 2.75) is 20.8 Å². The van der Waals surface area contributed by atoms with Gasteiger partial charge in [0.05, 0.1) is 5.52 Å². The molecule has 0 bridgehead atoms. The van der Waals surface area contributed by atoms with Gasteiger partial charge in [-0.2, -0.15) is 0 Å². The summed E-state index contributed by atoms with van der Waals surface area (Å²) in [5, 5.41) is 4.01. The molecule has 0 atom stereocenters. The van der Waals surface area contributed by atoms with Gasteiger partial charge in [0.1, 0.15) is 5.82 Å². The van der Waals surface area contributed by atoms with Gasteiger partial charge < -0.3 is 10.2 Å². The van der Waals surface area contributed by atoms with Gasteiger partial charge in [0.15, 0.2) is 0 Å². The highest BCUT2D eigenvalue weighted by Crippen LogP contribution is 2.25. The Labute approximate surface area is 162 Å². The largest absolute Gasteiger partial charge is 0.357 e. The van der Waals surface area contributed by atoms with E-state index < -0.39 is 0 Å². The molecule has 1 amide bonds. The molecule has 0 aliphatic rings. The molecule has 0 saturated heterocycles. The Morgan fingerprint density at radius 1 is 1.08 bits per heavy atom. The maximum Gasteiger partial charge on any atom is 0.255 e. The maximum absolute atomic E-state index is 12.4. The zero-order valence-corrected chi connectivity index (χ0v) is 16.8. The van der Waals surface area contributed by atoms with Gasteiger partial charge in [0.25, 0.3) is 5.91 Å². The van der Waals surface area contributed by atoms with Crippen molar-refractivity contribution < 1.29 is 4.79 Å². The average Bonchev–Trinajstić information content (AvgIpc) is 2.64. The molecule has 1 heterocycles. The SMILES string of the molecule is CCN(CC)c1cc(C)c2cc(NC(=O)c3ccc(Br)cc3)ccc2n1. The number of benzene rings is 2. The van der Waals surface area contributed by atoms with Crippen LogP contribution in [-0.2, 0) is 0 Å². The molecule has 3 rings (SSSR count). The van der Waals surface area contributed by atoms with E-state index in [2.05, 4.69) is 53.0 Å². The Kier molecular flexibility index (Phi) is 5.57. The van der Waals surface area contributed by atoms with Crippen molar-refractivity contribution in [1.82, 2.24) is 4.98 Å². The summed E-state index contributed by atoms with van der Waals surface area (Å²) in [6.07, 6.45) is 0. The third-order valence-corrected chi connectivity index (χ3v) is 4.98. The molecule has 0 spiro atoms. The third-order valence-electron chi connectivity index (χ3n) is 4.45. The van der Waals surface area contributed by atoms with Gasteiger partial charge in [-0.15, -0.1) is 0 Å². The number of halogens is 1. The summed E-state index contributed by atoms with van der Waals surface area (Å²) >= 11 is 3.38. The number of aromatic nitrogens is 1. The van der Waals surface area contributed by atoms with Gasteiger partial charge in [0, 0.05) is 34.2 Å². The Balaban J connectivity index is 1.89. The number of aryl methyl sites for hydroxylation is 1. The van der Waals surface area contributed by atoms with Gasteiger partial charge >= 0.3 is 0 Å². The highest BCUT2D eigenvalue weighted by Gasteiger charge is 2.10. The minimum absolute atomic E-state index is 0.123. The number of nitrogens with zero attached hydrogens (tertiary/aromatic N) is 2. The fraction of sp³-hybridized carbons (Fsp3) is 0.238. The molecule has 0 aliphatic carbocycles. The second-order valence-corrected chi connectivity index (χ2v) is 7.08. The lowest BCUT2D eigenvalue weighted by molar-refractivity contribution is 0.102. The molecule has 134 valence electrons. The van der Waals surface area contributed by atoms with Crippen molar-refractivity contribution in [3.8, 4) is 0 Å². The topological polar surface area (TPSA) is 45.2 Å². The summed E-state index contributed by atoms with van der Waals surface area (Å²) in [4.78, 5) is 19.4. The number of amides is 1. The van der Waals surface area contributed by atoms with E-state index in [1.165, 1.54) is 0 Å². The van der Waals surface area contributed by atoms with E-state index in [4.69, 9.17) is 4.98 Å². The third kappa shape index (κ3) is 3.88. The van der Waals surface area contributed by atoms with E-state index in [0.29, 0.717) is 5.56 Å². The molecule has 0 fully saturated rings. The first-order valence-electron chi connectivity index (χ1n) is 8.75. The predicted molar refractivity (Wildman–Crippen MR) is 112 cm³/mol. The van der Waals surface area contributed by atoms with Crippen LogP contribution in [0, 0.1) is 6.92 Å². The number of fused-ring (bicyclic) bond motifs is 1. The molecule has 1 aromatic heterocycles. The average molecular weight is 412 g/mol. The van der Waals surface area contributed by atoms with Gasteiger partial charge in [-0.05, 0) is 74.9 Å². The predicted octanol–water partition coefficient (Wildman–Crippen LogP) is 5.40. The first-order valence-corrected chi connectivity index (χ1v) is 9.54. The quantitative estimate of drug-likeness (QED) is 0.610. The number of rotatable bonds is 5. The molecule has 1 N–H and O–H groups in total. The number of hydrogen-bond acceptors (Lipinski definition) is 3. The standard InChI is InChI=1S/C21H22BrN3O/c1-4-25(5-2)20-12-14(3)18-13-17(10-11-19(18)24-20)23-21(26)15-6-8-16(22)9-7-15/h6-13H,4-5H2,1-3H3,(H,23,26). The summed E-state index contributed by atoms with van der Waals surface area (Å²) in [5.41, 5.74) is 3.48. The lowest BCUT2D eigenvalue weighted by Crippen LogP contribution is -2.23. The number of nitrogens with one attached hydrogen (secondary N) is 1. The molecular weight excluding hydrogens is 390 g/mol. The van der Waals surface area contributed by atoms with Crippen molar-refractivity contribution in [1.29, 1.82) is 0 Å². The van der Waals surface area contributed by atoms with Crippen molar-refractivity contribution in [3.63, 3.8) is 0 Å². The van der Waals surface area contributed by atoms with E-state index in [1.54, 1.807) is 12.1 Å². The molecule has 0 radical (unpaired) electrons. The number of pyridine rings is 1. The molecule has 0 unspecified atom stereocenters. The minimum Gasteiger partial charge on any atom is -0.357 e. The number of hydrogen-bond donors (Lipinski definition) is 1. The number of anilines is 2. The van der Waals surface area contributed by atoms with Crippen molar-refractivity contribution in [2.75, 3.05) is 23.3 Å². The molecule has 2 aromatic carbocycles. The summed E-state index contributed by atoms with van der Waals surface area (Å²) < 4.78 is 0.950. The Morgan fingerprint density at radius 2 is 1.77 bits per heavy atom. The lowest BCUT2D eigenvalue weighted by Gasteiger charge is -2.21. The number of carbonyl (C=O) groups is 1. The Morgan fingerprint density at radius 3 is 2.42 bits per heavy atom. The summed E-state index contributed by atoms with van der Waals surface area (Å²) in [6, 6.07) is 15.3. The second kappa shape index (κ2) is 7.87. The van der Waals surface area contributed by atoms with Crippen LogP contribution in [0.4, 0.5) is 11.5 Å². The monoisotopic (exact) mass is 411 g/mol. The van der Waals surface area contributed by atoms with E-state index in [1.807, 2.05) is 30.3 Å². The van der Waals surface area contributed by atoms with Crippen LogP contribution >= 0.6 is 15.9 Å². The number of carbonyl (C=O) groups excluding carboxylic acids is 1. The summed E-state index contributed by atoms with van der Waals surface area (Å²) in [7, 11) is 0. The van der Waals surface area contributed by atoms with Crippen molar-refractivity contribution in [2.24, 2.45) is 0 Å². The molecule has 26 heavy (non-hydrogen) atoms. The van der Waals surface area contributed by atoms with Crippen LogP contribution in [0.1, 0.15) is 29.8 Å². The lowest BCUT2D eigenvalue weighted by atomic mass is 10.1. The smallest absolute Gasteiger partial charge is 0.255 e. The van der Waals surface area contributed by atoms with Crippen LogP contribution in [0.3, 0.4) is 0 Å². The maximum atomic E-state index is 12.4. The van der Waals surface area contributed by atoms with Crippen LogP contribution in [0.2, 0.25) is 0 Å². The van der Waals surface area contributed by atoms with Gasteiger partial charge in [-0.25, -0.2) is 4.98 Å². The summed E-state index contributed by atoms with van der Waals surface area (Å²) in [6.45, 7) is 8.19. The van der Waals surface area contributed by atoms with Crippen LogP contribution in [0.5, 0.6) is 0 Å². The van der Waals surface area contributed by atoms with Crippen LogP contribution in [-0.4, -0.2) is 24.0 Å². The van der Waals surface area contributed by atoms with Gasteiger partial charge in [0.2, 0.25) is 0 Å². The van der Waals surface area contributed by atoms with E-state index in [9.17, 15) is 4.79 Å². The van der Waals surface area contributed by atoms with E-state index >= 15 is 0 Å². The second-order valence-electron chi connectivity index (χ2n) is 6.16. The highest BCUT2D eigenvalue weighted by molar-refractivity contribution is 9.10. The van der Waals surface area contributed by atoms with Gasteiger partial charge in [-0.3, -0.25) is 4.79 Å². The molecule has 4 nitrogen and oxygen atoms in total. The van der Waals surface area contributed by atoms with Crippen LogP contribution < -0.4 is 10.2 Å². The summed E-state index contributed by atoms with van der Waals surface area (Å²) in [5.74, 6) is 0.869. The zero-order chi connectivity index (χ0) is 18.7. The van der Waals surface area contributed by atoms with Crippen LogP contribution in [0.15, 0.2) is 53.0 Å². The molecule has 0 saturated carbocycles. The normalized spacial score (nSPS) is 10.8. The van der Waals surface area contributed by atoms with Crippen molar-refractivity contribution in [3.05, 3.63) is 64.1 Å². The molecule has 3 aromatic rings. The van der Waals surface area contributed by atoms with Crippen molar-refractivity contribution >= 4 is 44.2 Å². The Bertz CT molecular complexity index is 934.